The van der Waals surface area contributed by atoms with Crippen LogP contribution in [0.25, 0.3) is 0 Å². The molecule has 0 aromatic heterocycles. The molecule has 3 heteroatoms. The maximum Gasteiger partial charge on any atom is 0.311 e. The number of hydrogen-bond acceptors (Lipinski definition) is 2. The van der Waals surface area contributed by atoms with Gasteiger partial charge in [0.2, 0.25) is 0 Å². The number of benzene rings is 1. The Morgan fingerprint density at radius 3 is 2.63 bits per heavy atom. The Balaban J connectivity index is 1.83. The van der Waals surface area contributed by atoms with Gasteiger partial charge >= 0.3 is 5.97 Å². The summed E-state index contributed by atoms with van der Waals surface area (Å²) in [7, 11) is 0. The van der Waals surface area contributed by atoms with E-state index in [0.717, 1.165) is 12.8 Å². The third-order valence-corrected chi connectivity index (χ3v) is 3.53. The molecule has 19 heavy (non-hydrogen) atoms. The highest BCUT2D eigenvalue weighted by molar-refractivity contribution is 6.00. The summed E-state index contributed by atoms with van der Waals surface area (Å²) in [6.45, 7) is 0. The predicted molar refractivity (Wildman–Crippen MR) is 72.8 cm³/mol. The molecule has 1 aliphatic rings. The lowest BCUT2D eigenvalue weighted by molar-refractivity contribution is -0.141. The zero-order valence-corrected chi connectivity index (χ0v) is 10.8. The van der Waals surface area contributed by atoms with Crippen LogP contribution in [-0.2, 0) is 16.0 Å². The summed E-state index contributed by atoms with van der Waals surface area (Å²) in [4.78, 5) is 23.0. The first kappa shape index (κ1) is 13.5. The van der Waals surface area contributed by atoms with Crippen molar-refractivity contribution in [2.24, 2.45) is 5.92 Å². The van der Waals surface area contributed by atoms with Crippen molar-refractivity contribution in [2.45, 2.75) is 32.1 Å². The van der Waals surface area contributed by atoms with Crippen LogP contribution in [0.5, 0.6) is 0 Å². The average molecular weight is 258 g/mol. The van der Waals surface area contributed by atoms with E-state index in [0.29, 0.717) is 24.8 Å². The zero-order chi connectivity index (χ0) is 13.7. The van der Waals surface area contributed by atoms with Gasteiger partial charge in [0.15, 0.2) is 5.78 Å². The van der Waals surface area contributed by atoms with Crippen molar-refractivity contribution in [3.05, 3.63) is 47.5 Å². The lowest BCUT2D eigenvalue weighted by Gasteiger charge is -2.09. The number of carbonyl (C=O) groups is 2. The molecule has 0 saturated heterocycles. The summed E-state index contributed by atoms with van der Waals surface area (Å²) in [5.41, 5.74) is 1.73. The van der Waals surface area contributed by atoms with E-state index >= 15 is 0 Å². The molecular formula is C16H18O3. The predicted octanol–water partition coefficient (Wildman–Crippen LogP) is 3.00. The maximum atomic E-state index is 12.0. The van der Waals surface area contributed by atoms with Crippen molar-refractivity contribution in [2.75, 3.05) is 0 Å². The van der Waals surface area contributed by atoms with E-state index in [-0.39, 0.29) is 5.78 Å². The van der Waals surface area contributed by atoms with Crippen LogP contribution in [0.2, 0.25) is 0 Å². The van der Waals surface area contributed by atoms with Gasteiger partial charge in [0, 0.05) is 12.0 Å². The molecule has 1 aliphatic carbocycles. The summed E-state index contributed by atoms with van der Waals surface area (Å²) >= 11 is 0. The van der Waals surface area contributed by atoms with Gasteiger partial charge in [-0.1, -0.05) is 36.4 Å². The summed E-state index contributed by atoms with van der Waals surface area (Å²) in [6, 6.07) is 10.0. The molecule has 2 rings (SSSR count). The molecule has 1 aromatic carbocycles. The molecule has 0 radical (unpaired) electrons. The monoisotopic (exact) mass is 258 g/mol. The fraction of sp³-hybridized carbons (Fsp3) is 0.375. The molecule has 0 bridgehead atoms. The van der Waals surface area contributed by atoms with Crippen LogP contribution in [-0.4, -0.2) is 16.9 Å². The summed E-state index contributed by atoms with van der Waals surface area (Å²) in [5, 5.41) is 9.04. The van der Waals surface area contributed by atoms with E-state index in [9.17, 15) is 9.59 Å². The van der Waals surface area contributed by atoms with Gasteiger partial charge in [0.05, 0.1) is 5.92 Å². The van der Waals surface area contributed by atoms with Crippen LogP contribution in [0.4, 0.5) is 0 Å². The van der Waals surface area contributed by atoms with Crippen molar-refractivity contribution in [3.63, 3.8) is 0 Å². The van der Waals surface area contributed by atoms with E-state index in [1.807, 2.05) is 30.3 Å². The number of aryl methyl sites for hydroxylation is 1. The Morgan fingerprint density at radius 1 is 1.21 bits per heavy atom. The molecule has 0 aliphatic heterocycles. The Hall–Kier alpha value is -1.90. The highest BCUT2D eigenvalue weighted by Gasteiger charge is 2.29. The normalized spacial score (nSPS) is 18.1. The molecule has 100 valence electrons. The second-order valence-electron chi connectivity index (χ2n) is 4.89. The van der Waals surface area contributed by atoms with Gasteiger partial charge in [-0.05, 0) is 31.2 Å². The summed E-state index contributed by atoms with van der Waals surface area (Å²) in [6.07, 6.45) is 5.13. The highest BCUT2D eigenvalue weighted by atomic mass is 16.4. The van der Waals surface area contributed by atoms with E-state index in [1.165, 1.54) is 5.56 Å². The quantitative estimate of drug-likeness (QED) is 0.853. The molecular weight excluding hydrogens is 240 g/mol. The first-order valence-corrected chi connectivity index (χ1v) is 6.68. The lowest BCUT2D eigenvalue weighted by atomic mass is 9.95. The average Bonchev–Trinajstić information content (AvgIpc) is 2.89. The van der Waals surface area contributed by atoms with Crippen LogP contribution >= 0.6 is 0 Å². The smallest absolute Gasteiger partial charge is 0.311 e. The van der Waals surface area contributed by atoms with E-state index in [2.05, 4.69) is 0 Å². The molecule has 1 atom stereocenters. The number of carbonyl (C=O) groups excluding carboxylic acids is 1. The van der Waals surface area contributed by atoms with Crippen LogP contribution in [0.15, 0.2) is 42.0 Å². The van der Waals surface area contributed by atoms with Crippen LogP contribution in [0.1, 0.15) is 31.2 Å². The third-order valence-electron chi connectivity index (χ3n) is 3.53. The second kappa shape index (κ2) is 6.32. The van der Waals surface area contributed by atoms with Crippen LogP contribution in [0.3, 0.4) is 0 Å². The zero-order valence-electron chi connectivity index (χ0n) is 10.8. The molecule has 0 spiro atoms. The van der Waals surface area contributed by atoms with Crippen molar-refractivity contribution in [1.82, 2.24) is 0 Å². The third kappa shape index (κ3) is 3.53. The van der Waals surface area contributed by atoms with Crippen molar-refractivity contribution < 1.29 is 14.7 Å². The fourth-order valence-electron chi connectivity index (χ4n) is 2.51. The summed E-state index contributed by atoms with van der Waals surface area (Å²) < 4.78 is 0. The van der Waals surface area contributed by atoms with Gasteiger partial charge in [-0.25, -0.2) is 0 Å². The standard InChI is InChI=1S/C16H18O3/c17-15(13-9-5-10-14(13)16(18)19)11-4-8-12-6-2-1-3-7-12/h1-3,6-7,9,14H,4-5,8,10-11H2,(H,18,19)/t14-/m1/s1. The first-order chi connectivity index (χ1) is 9.18. The van der Waals surface area contributed by atoms with E-state index in [1.54, 1.807) is 6.08 Å². The number of rotatable bonds is 6. The fourth-order valence-corrected chi connectivity index (χ4v) is 2.51. The molecule has 0 heterocycles. The minimum Gasteiger partial charge on any atom is -0.481 e. The maximum absolute atomic E-state index is 12.0. The summed E-state index contributed by atoms with van der Waals surface area (Å²) in [5.74, 6) is -1.45. The molecule has 0 unspecified atom stereocenters. The number of allylic oxidation sites excluding steroid dienone is 1. The van der Waals surface area contributed by atoms with Crippen molar-refractivity contribution >= 4 is 11.8 Å². The van der Waals surface area contributed by atoms with Crippen LogP contribution < -0.4 is 0 Å². The number of aliphatic carboxylic acids is 1. The minimum absolute atomic E-state index is 0.000770. The number of carboxylic acid groups (broad SMARTS) is 1. The largest absolute Gasteiger partial charge is 0.481 e. The van der Waals surface area contributed by atoms with E-state index in [4.69, 9.17) is 5.11 Å². The Labute approximate surface area is 113 Å². The highest BCUT2D eigenvalue weighted by Crippen LogP contribution is 2.28. The number of Topliss-reactive ketones (excluding diaryl/α,β-unsaturated/α-hetero) is 1. The Morgan fingerprint density at radius 2 is 1.95 bits per heavy atom. The molecule has 0 amide bonds. The second-order valence-corrected chi connectivity index (χ2v) is 4.89. The number of hydrogen-bond donors (Lipinski definition) is 1. The number of carboxylic acids is 1. The van der Waals surface area contributed by atoms with Gasteiger partial charge in [-0.15, -0.1) is 0 Å². The number of ketones is 1. The van der Waals surface area contributed by atoms with Crippen LogP contribution in [0, 0.1) is 5.92 Å². The van der Waals surface area contributed by atoms with Gasteiger partial charge in [0.25, 0.3) is 0 Å². The van der Waals surface area contributed by atoms with Gasteiger partial charge < -0.3 is 5.11 Å². The lowest BCUT2D eigenvalue weighted by Crippen LogP contribution is -2.18. The Bertz CT molecular complexity index is 488. The van der Waals surface area contributed by atoms with Crippen molar-refractivity contribution in [3.8, 4) is 0 Å². The SMILES string of the molecule is O=C(CCCc1ccccc1)C1=CCC[C@H]1C(=O)O. The Kier molecular flexibility index (Phi) is 4.50. The van der Waals surface area contributed by atoms with Crippen molar-refractivity contribution in [1.29, 1.82) is 0 Å². The van der Waals surface area contributed by atoms with E-state index < -0.39 is 11.9 Å². The molecule has 0 saturated carbocycles. The van der Waals surface area contributed by atoms with Gasteiger partial charge in [0.1, 0.15) is 0 Å². The first-order valence-electron chi connectivity index (χ1n) is 6.68. The molecule has 3 nitrogen and oxygen atoms in total. The molecule has 1 aromatic rings. The molecule has 1 N–H and O–H groups in total. The van der Waals surface area contributed by atoms with Gasteiger partial charge in [-0.2, -0.15) is 0 Å². The minimum atomic E-state index is -0.875. The van der Waals surface area contributed by atoms with Gasteiger partial charge in [-0.3, -0.25) is 9.59 Å². The molecule has 0 fully saturated rings. The topological polar surface area (TPSA) is 54.4 Å².